The van der Waals surface area contributed by atoms with Gasteiger partial charge < -0.3 is 0 Å². The summed E-state index contributed by atoms with van der Waals surface area (Å²) in [5.41, 5.74) is 0. The van der Waals surface area contributed by atoms with E-state index in [1.165, 1.54) is 12.1 Å². The first-order valence-electron chi connectivity index (χ1n) is 4.81. The molecule has 0 saturated heterocycles. The number of benzene rings is 1. The first-order chi connectivity index (χ1) is 8.27. The third-order valence-corrected chi connectivity index (χ3v) is 4.95. The van der Waals surface area contributed by atoms with Crippen LogP contribution in [0, 0.1) is 11.3 Å². The Kier molecular flexibility index (Phi) is 5.44. The third kappa shape index (κ3) is 3.84. The van der Waals surface area contributed by atoms with Crippen LogP contribution in [0.1, 0.15) is 13.3 Å². The summed E-state index contributed by atoms with van der Waals surface area (Å²) in [6.07, 6.45) is 0.0605. The van der Waals surface area contributed by atoms with Gasteiger partial charge in [-0.3, -0.25) is 0 Å². The molecule has 4 nitrogen and oxygen atoms in total. The van der Waals surface area contributed by atoms with Crippen LogP contribution in [-0.2, 0) is 10.0 Å². The summed E-state index contributed by atoms with van der Waals surface area (Å²) in [6.45, 7) is 1.58. The first kappa shape index (κ1) is 15.7. The Morgan fingerprint density at radius 2 is 1.94 bits per heavy atom. The minimum absolute atomic E-state index is 0.0195. The molecule has 8 heteroatoms. The predicted octanol–water partition coefficient (Wildman–Crippen LogP) is 3.34. The summed E-state index contributed by atoms with van der Waals surface area (Å²) in [5, 5.41) is 8.55. The van der Waals surface area contributed by atoms with E-state index in [1.807, 2.05) is 6.07 Å². The van der Waals surface area contributed by atoms with Crippen molar-refractivity contribution in [3.8, 4) is 6.07 Å². The van der Waals surface area contributed by atoms with Gasteiger partial charge in [-0.15, -0.1) is 0 Å². The topological polar surface area (TPSA) is 70.0 Å². The van der Waals surface area contributed by atoms with Crippen molar-refractivity contribution in [2.75, 3.05) is 0 Å². The quantitative estimate of drug-likeness (QED) is 0.882. The molecule has 0 aliphatic carbocycles. The van der Waals surface area contributed by atoms with Crippen LogP contribution in [0.3, 0.4) is 0 Å². The van der Waals surface area contributed by atoms with Gasteiger partial charge in [0, 0.05) is 10.5 Å². The van der Waals surface area contributed by atoms with Gasteiger partial charge in [-0.2, -0.15) is 5.26 Å². The Morgan fingerprint density at radius 3 is 2.39 bits per heavy atom. The van der Waals surface area contributed by atoms with Crippen molar-refractivity contribution < 1.29 is 8.42 Å². The Bertz CT molecular complexity index is 575. The van der Waals surface area contributed by atoms with Gasteiger partial charge in [0.25, 0.3) is 0 Å². The van der Waals surface area contributed by atoms with E-state index < -0.39 is 16.1 Å². The number of rotatable bonds is 4. The van der Waals surface area contributed by atoms with Gasteiger partial charge in [0.05, 0.1) is 22.5 Å². The molecule has 0 aliphatic rings. The Balaban J connectivity index is 3.18. The maximum absolute atomic E-state index is 12.1. The molecule has 1 atom stereocenters. The summed E-state index contributed by atoms with van der Waals surface area (Å²) >= 11 is 14.9. The van der Waals surface area contributed by atoms with E-state index in [0.717, 1.165) is 0 Å². The fraction of sp³-hybridized carbons (Fsp3) is 0.300. The second-order valence-electron chi connectivity index (χ2n) is 3.58. The number of hydrogen-bond acceptors (Lipinski definition) is 3. The lowest BCUT2D eigenvalue weighted by atomic mass is 10.3. The molecule has 1 rings (SSSR count). The molecule has 0 bridgehead atoms. The largest absolute Gasteiger partial charge is 0.243 e. The molecule has 98 valence electrons. The minimum Gasteiger partial charge on any atom is -0.207 e. The van der Waals surface area contributed by atoms with Crippen LogP contribution in [0.15, 0.2) is 21.5 Å². The van der Waals surface area contributed by atoms with E-state index in [2.05, 4.69) is 20.7 Å². The van der Waals surface area contributed by atoms with Gasteiger partial charge in [0.15, 0.2) is 0 Å². The number of hydrogen-bond donors (Lipinski definition) is 1. The van der Waals surface area contributed by atoms with Crippen LogP contribution in [0.25, 0.3) is 0 Å². The SMILES string of the molecule is C[C@@H](CC#N)NS(=O)(=O)c1c(Cl)cc(Br)cc1Cl. The van der Waals surface area contributed by atoms with E-state index in [9.17, 15) is 8.42 Å². The highest BCUT2D eigenvalue weighted by molar-refractivity contribution is 9.10. The lowest BCUT2D eigenvalue weighted by Crippen LogP contribution is -2.32. The van der Waals surface area contributed by atoms with Crippen molar-refractivity contribution in [2.24, 2.45) is 0 Å². The predicted molar refractivity (Wildman–Crippen MR) is 74.2 cm³/mol. The molecule has 0 heterocycles. The number of nitriles is 1. The zero-order valence-corrected chi connectivity index (χ0v) is 13.2. The van der Waals surface area contributed by atoms with E-state index in [4.69, 9.17) is 28.5 Å². The number of nitrogens with one attached hydrogen (secondary N) is 1. The van der Waals surface area contributed by atoms with Crippen LogP contribution < -0.4 is 4.72 Å². The van der Waals surface area contributed by atoms with Crippen molar-refractivity contribution >= 4 is 49.2 Å². The number of halogens is 3. The average molecular weight is 372 g/mol. The van der Waals surface area contributed by atoms with Crippen LogP contribution >= 0.6 is 39.1 Å². The lowest BCUT2D eigenvalue weighted by Gasteiger charge is -2.13. The molecule has 18 heavy (non-hydrogen) atoms. The molecule has 0 aliphatic heterocycles. The second kappa shape index (κ2) is 6.22. The highest BCUT2D eigenvalue weighted by atomic mass is 79.9. The first-order valence-corrected chi connectivity index (χ1v) is 7.85. The summed E-state index contributed by atoms with van der Waals surface area (Å²) in [5.74, 6) is 0. The molecule has 0 amide bonds. The molecular weight excluding hydrogens is 363 g/mol. The molecule has 0 saturated carbocycles. The molecular formula is C10H9BrCl2N2O2S. The van der Waals surface area contributed by atoms with E-state index >= 15 is 0 Å². The second-order valence-corrected chi connectivity index (χ2v) is 6.96. The summed E-state index contributed by atoms with van der Waals surface area (Å²) in [4.78, 5) is -0.182. The summed E-state index contributed by atoms with van der Waals surface area (Å²) in [7, 11) is -3.85. The van der Waals surface area contributed by atoms with Gasteiger partial charge in [0.2, 0.25) is 10.0 Å². The zero-order chi connectivity index (χ0) is 13.9. The average Bonchev–Trinajstić information content (AvgIpc) is 2.13. The van der Waals surface area contributed by atoms with Crippen LogP contribution in [0.4, 0.5) is 0 Å². The Morgan fingerprint density at radius 1 is 1.44 bits per heavy atom. The van der Waals surface area contributed by atoms with Gasteiger partial charge in [0.1, 0.15) is 4.90 Å². The van der Waals surface area contributed by atoms with Gasteiger partial charge >= 0.3 is 0 Å². The van der Waals surface area contributed by atoms with Crippen LogP contribution in [-0.4, -0.2) is 14.5 Å². The van der Waals surface area contributed by atoms with Gasteiger partial charge in [-0.25, -0.2) is 13.1 Å². The number of sulfonamides is 1. The Hall–Kier alpha value is -0.320. The van der Waals surface area contributed by atoms with Gasteiger partial charge in [-0.05, 0) is 19.1 Å². The maximum Gasteiger partial charge on any atom is 0.243 e. The maximum atomic E-state index is 12.1. The highest BCUT2D eigenvalue weighted by Crippen LogP contribution is 2.32. The fourth-order valence-corrected chi connectivity index (χ4v) is 4.47. The highest BCUT2D eigenvalue weighted by Gasteiger charge is 2.24. The lowest BCUT2D eigenvalue weighted by molar-refractivity contribution is 0.563. The molecule has 0 spiro atoms. The van der Waals surface area contributed by atoms with E-state index in [-0.39, 0.29) is 21.4 Å². The molecule has 0 unspecified atom stereocenters. The van der Waals surface area contributed by atoms with Crippen molar-refractivity contribution in [1.29, 1.82) is 5.26 Å². The van der Waals surface area contributed by atoms with E-state index in [0.29, 0.717) is 4.47 Å². The molecule has 1 aromatic rings. The van der Waals surface area contributed by atoms with Crippen molar-refractivity contribution in [1.82, 2.24) is 4.72 Å². The smallest absolute Gasteiger partial charge is 0.207 e. The van der Waals surface area contributed by atoms with Crippen LogP contribution in [0.2, 0.25) is 10.0 Å². The monoisotopic (exact) mass is 370 g/mol. The van der Waals surface area contributed by atoms with Crippen LogP contribution in [0.5, 0.6) is 0 Å². The number of nitrogens with zero attached hydrogens (tertiary/aromatic N) is 1. The minimum atomic E-state index is -3.85. The molecule has 0 radical (unpaired) electrons. The third-order valence-electron chi connectivity index (χ3n) is 1.99. The van der Waals surface area contributed by atoms with E-state index in [1.54, 1.807) is 6.92 Å². The molecule has 1 N–H and O–H groups in total. The molecule has 0 aromatic heterocycles. The molecule has 1 aromatic carbocycles. The van der Waals surface area contributed by atoms with Gasteiger partial charge in [-0.1, -0.05) is 39.1 Å². The summed E-state index contributed by atoms with van der Waals surface area (Å²) in [6, 6.07) is 4.24. The fourth-order valence-electron chi connectivity index (χ4n) is 1.29. The normalized spacial score (nSPS) is 13.1. The van der Waals surface area contributed by atoms with Crippen molar-refractivity contribution in [3.05, 3.63) is 26.7 Å². The molecule has 0 fully saturated rings. The van der Waals surface area contributed by atoms with Crippen molar-refractivity contribution in [2.45, 2.75) is 24.3 Å². The van der Waals surface area contributed by atoms with Crippen molar-refractivity contribution in [3.63, 3.8) is 0 Å². The standard InChI is InChI=1S/C10H9BrCl2N2O2S/c1-6(2-3-14)15-18(16,17)10-8(12)4-7(11)5-9(10)13/h4-6,15H,2H2,1H3/t6-/m0/s1. The Labute approximate surface area is 124 Å². The summed E-state index contributed by atoms with van der Waals surface area (Å²) < 4.78 is 27.1. The zero-order valence-electron chi connectivity index (χ0n) is 9.25.